The number of benzene rings is 1. The van der Waals surface area contributed by atoms with Crippen molar-refractivity contribution >= 4 is 0 Å². The summed E-state index contributed by atoms with van der Waals surface area (Å²) in [6.07, 6.45) is 3.06. The molecular weight excluding hydrogens is 214 g/mol. The van der Waals surface area contributed by atoms with Gasteiger partial charge in [0.05, 0.1) is 26.2 Å². The van der Waals surface area contributed by atoms with Crippen LogP contribution in [0.2, 0.25) is 0 Å². The summed E-state index contributed by atoms with van der Waals surface area (Å²) in [5.41, 5.74) is 0.999. The Hall–Kier alpha value is -1.69. The molecule has 0 aliphatic heterocycles. The van der Waals surface area contributed by atoms with E-state index in [0.717, 1.165) is 24.8 Å². The maximum Gasteiger partial charge on any atom is 0.161 e. The van der Waals surface area contributed by atoms with E-state index in [9.17, 15) is 5.26 Å². The van der Waals surface area contributed by atoms with Gasteiger partial charge in [-0.1, -0.05) is 25.8 Å². The van der Waals surface area contributed by atoms with E-state index >= 15 is 0 Å². The zero-order valence-electron chi connectivity index (χ0n) is 10.7. The lowest BCUT2D eigenvalue weighted by molar-refractivity contribution is 0.354. The van der Waals surface area contributed by atoms with E-state index in [1.165, 1.54) is 0 Å². The number of unbranched alkanes of at least 4 members (excludes halogenated alkanes) is 1. The molecule has 0 heterocycles. The highest BCUT2D eigenvalue weighted by atomic mass is 16.5. The maximum atomic E-state index is 9.17. The monoisotopic (exact) mass is 233 g/mol. The van der Waals surface area contributed by atoms with Gasteiger partial charge in [-0.2, -0.15) is 5.26 Å². The molecule has 0 radical (unpaired) electrons. The van der Waals surface area contributed by atoms with Gasteiger partial charge in [-0.3, -0.25) is 0 Å². The summed E-state index contributed by atoms with van der Waals surface area (Å²) >= 11 is 0. The Balaban J connectivity index is 2.93. The Bertz CT molecular complexity index is 396. The van der Waals surface area contributed by atoms with Crippen molar-refractivity contribution in [2.75, 3.05) is 14.2 Å². The Morgan fingerprint density at radius 1 is 1.24 bits per heavy atom. The van der Waals surface area contributed by atoms with Crippen molar-refractivity contribution in [1.82, 2.24) is 0 Å². The summed E-state index contributed by atoms with van der Waals surface area (Å²) < 4.78 is 10.4. The second-order valence-electron chi connectivity index (χ2n) is 3.94. The molecule has 0 bridgehead atoms. The molecule has 0 aromatic heterocycles. The molecule has 1 atom stereocenters. The quantitative estimate of drug-likeness (QED) is 0.755. The predicted molar refractivity (Wildman–Crippen MR) is 67.4 cm³/mol. The summed E-state index contributed by atoms with van der Waals surface area (Å²) in [6, 6.07) is 8.02. The second kappa shape index (κ2) is 6.80. The molecule has 0 spiro atoms. The normalized spacial score (nSPS) is 11.6. The third-order valence-corrected chi connectivity index (χ3v) is 2.81. The summed E-state index contributed by atoms with van der Waals surface area (Å²) in [6.45, 7) is 2.13. The highest BCUT2D eigenvalue weighted by Gasteiger charge is 2.13. The second-order valence-corrected chi connectivity index (χ2v) is 3.94. The third kappa shape index (κ3) is 3.39. The van der Waals surface area contributed by atoms with E-state index < -0.39 is 0 Å². The number of methoxy groups -OCH3 is 2. The lowest BCUT2D eigenvalue weighted by Crippen LogP contribution is -1.98. The molecule has 3 heteroatoms. The number of hydrogen-bond acceptors (Lipinski definition) is 3. The maximum absolute atomic E-state index is 9.17. The van der Waals surface area contributed by atoms with Crippen molar-refractivity contribution in [3.05, 3.63) is 23.8 Å². The first-order valence-electron chi connectivity index (χ1n) is 5.88. The van der Waals surface area contributed by atoms with Gasteiger partial charge in [-0.05, 0) is 24.1 Å². The first-order valence-corrected chi connectivity index (χ1v) is 5.88. The number of nitrogens with zero attached hydrogens (tertiary/aromatic N) is 1. The van der Waals surface area contributed by atoms with Crippen molar-refractivity contribution in [2.24, 2.45) is 0 Å². The number of nitriles is 1. The predicted octanol–water partition coefficient (Wildman–Crippen LogP) is 3.50. The summed E-state index contributed by atoms with van der Waals surface area (Å²) in [7, 11) is 3.21. The van der Waals surface area contributed by atoms with Crippen molar-refractivity contribution in [1.29, 1.82) is 5.26 Å². The molecule has 92 valence electrons. The van der Waals surface area contributed by atoms with Gasteiger partial charge in [0.1, 0.15) is 0 Å². The Morgan fingerprint density at radius 3 is 2.47 bits per heavy atom. The molecule has 0 saturated carbocycles. The van der Waals surface area contributed by atoms with Crippen LogP contribution in [-0.2, 0) is 0 Å². The van der Waals surface area contributed by atoms with Gasteiger partial charge in [-0.15, -0.1) is 0 Å². The van der Waals surface area contributed by atoms with Crippen LogP contribution in [0.5, 0.6) is 11.5 Å². The molecule has 1 rings (SSSR count). The van der Waals surface area contributed by atoms with Crippen molar-refractivity contribution in [2.45, 2.75) is 32.1 Å². The van der Waals surface area contributed by atoms with Crippen LogP contribution in [0.15, 0.2) is 18.2 Å². The molecule has 1 unspecified atom stereocenters. The lowest BCUT2D eigenvalue weighted by Gasteiger charge is -2.12. The standard InChI is InChI=1S/C14H19NO2/c1-4-5-6-12(10-15)11-7-8-13(16-2)14(9-11)17-3/h7-9,12H,4-6H2,1-3H3. The Labute approximate surface area is 103 Å². The largest absolute Gasteiger partial charge is 0.493 e. The molecule has 0 saturated heterocycles. The van der Waals surface area contributed by atoms with Gasteiger partial charge in [0.2, 0.25) is 0 Å². The van der Waals surface area contributed by atoms with Gasteiger partial charge in [0.15, 0.2) is 11.5 Å². The topological polar surface area (TPSA) is 42.2 Å². The highest BCUT2D eigenvalue weighted by Crippen LogP contribution is 2.32. The zero-order valence-corrected chi connectivity index (χ0v) is 10.7. The fourth-order valence-corrected chi connectivity index (χ4v) is 1.78. The third-order valence-electron chi connectivity index (χ3n) is 2.81. The first-order chi connectivity index (χ1) is 8.26. The SMILES string of the molecule is CCCCC(C#N)c1ccc(OC)c(OC)c1. The van der Waals surface area contributed by atoms with Crippen LogP contribution in [0.1, 0.15) is 37.7 Å². The van der Waals surface area contributed by atoms with Crippen molar-refractivity contribution in [3.8, 4) is 17.6 Å². The highest BCUT2D eigenvalue weighted by molar-refractivity contribution is 5.44. The number of rotatable bonds is 6. The Morgan fingerprint density at radius 2 is 1.94 bits per heavy atom. The summed E-state index contributed by atoms with van der Waals surface area (Å²) in [5.74, 6) is 1.32. The zero-order chi connectivity index (χ0) is 12.7. The van der Waals surface area contributed by atoms with E-state index in [-0.39, 0.29) is 5.92 Å². The molecule has 0 aliphatic rings. The minimum absolute atomic E-state index is 0.0604. The van der Waals surface area contributed by atoms with Crippen LogP contribution in [0.4, 0.5) is 0 Å². The van der Waals surface area contributed by atoms with Crippen LogP contribution in [0.3, 0.4) is 0 Å². The lowest BCUT2D eigenvalue weighted by atomic mass is 9.95. The molecule has 0 amide bonds. The fourth-order valence-electron chi connectivity index (χ4n) is 1.78. The first kappa shape index (κ1) is 13.4. The van der Waals surface area contributed by atoms with Crippen molar-refractivity contribution in [3.63, 3.8) is 0 Å². The molecule has 1 aromatic rings. The minimum Gasteiger partial charge on any atom is -0.493 e. The van der Waals surface area contributed by atoms with Gasteiger partial charge in [0, 0.05) is 0 Å². The molecule has 0 aliphatic carbocycles. The van der Waals surface area contributed by atoms with Gasteiger partial charge >= 0.3 is 0 Å². The van der Waals surface area contributed by atoms with Gasteiger partial charge in [0.25, 0.3) is 0 Å². The van der Waals surface area contributed by atoms with E-state index in [1.807, 2.05) is 18.2 Å². The summed E-state index contributed by atoms with van der Waals surface area (Å²) in [4.78, 5) is 0. The number of ether oxygens (including phenoxy) is 2. The van der Waals surface area contributed by atoms with E-state index in [2.05, 4.69) is 13.0 Å². The molecular formula is C14H19NO2. The molecule has 17 heavy (non-hydrogen) atoms. The van der Waals surface area contributed by atoms with E-state index in [4.69, 9.17) is 9.47 Å². The average Bonchev–Trinajstić information content (AvgIpc) is 2.39. The Kier molecular flexibility index (Phi) is 5.35. The molecule has 1 aromatic carbocycles. The number of hydrogen-bond donors (Lipinski definition) is 0. The van der Waals surface area contributed by atoms with Crippen LogP contribution >= 0.6 is 0 Å². The van der Waals surface area contributed by atoms with E-state index in [1.54, 1.807) is 14.2 Å². The molecule has 0 fully saturated rings. The van der Waals surface area contributed by atoms with E-state index in [0.29, 0.717) is 11.5 Å². The van der Waals surface area contributed by atoms with Gasteiger partial charge < -0.3 is 9.47 Å². The average molecular weight is 233 g/mol. The van der Waals surface area contributed by atoms with Crippen LogP contribution in [-0.4, -0.2) is 14.2 Å². The van der Waals surface area contributed by atoms with Crippen molar-refractivity contribution < 1.29 is 9.47 Å². The van der Waals surface area contributed by atoms with Crippen LogP contribution in [0.25, 0.3) is 0 Å². The van der Waals surface area contributed by atoms with Gasteiger partial charge in [-0.25, -0.2) is 0 Å². The minimum atomic E-state index is -0.0604. The van der Waals surface area contributed by atoms with Crippen LogP contribution < -0.4 is 9.47 Å². The molecule has 3 nitrogen and oxygen atoms in total. The fraction of sp³-hybridized carbons (Fsp3) is 0.500. The molecule has 0 N–H and O–H groups in total. The summed E-state index contributed by atoms with van der Waals surface area (Å²) in [5, 5.41) is 9.17. The smallest absolute Gasteiger partial charge is 0.161 e. The van der Waals surface area contributed by atoms with Crippen LogP contribution in [0, 0.1) is 11.3 Å².